The lowest BCUT2D eigenvalue weighted by Gasteiger charge is -2.16. The number of carbonyl (C=O) groups excluding carboxylic acids is 2. The Hall–Kier alpha value is -1.84. The molecule has 0 bridgehead atoms. The summed E-state index contributed by atoms with van der Waals surface area (Å²) in [6.07, 6.45) is 0.467. The smallest absolute Gasteiger partial charge is 0.248 e. The molecule has 14 heavy (non-hydrogen) atoms. The molecule has 0 aliphatic carbocycles. The van der Waals surface area contributed by atoms with E-state index in [1.807, 2.05) is 0 Å². The van der Waals surface area contributed by atoms with Crippen molar-refractivity contribution in [2.45, 2.75) is 6.42 Å². The molecule has 1 amide bonds. The van der Waals surface area contributed by atoms with E-state index in [0.717, 1.165) is 5.69 Å². The highest BCUT2D eigenvalue weighted by Gasteiger charge is 2.17. The van der Waals surface area contributed by atoms with E-state index in [9.17, 15) is 9.59 Å². The van der Waals surface area contributed by atoms with Crippen LogP contribution in [0.2, 0.25) is 0 Å². The average molecular weight is 190 g/mol. The van der Waals surface area contributed by atoms with Gasteiger partial charge >= 0.3 is 0 Å². The fraction of sp³-hybridized carbons (Fsp3) is 0.200. The van der Waals surface area contributed by atoms with Crippen LogP contribution in [-0.2, 0) is 0 Å². The number of nitrogens with two attached hydrogens (primary N) is 1. The second-order valence-corrected chi connectivity index (χ2v) is 3.22. The molecule has 0 atom stereocenters. The Labute approximate surface area is 81.1 Å². The summed E-state index contributed by atoms with van der Waals surface area (Å²) in [7, 11) is 0. The largest absolute Gasteiger partial charge is 0.384 e. The van der Waals surface area contributed by atoms with E-state index >= 15 is 0 Å². The Balaban J connectivity index is 2.51. The fourth-order valence-corrected chi connectivity index (χ4v) is 1.53. The summed E-state index contributed by atoms with van der Waals surface area (Å²) in [6.45, 7) is 0.655. The second kappa shape index (κ2) is 3.14. The van der Waals surface area contributed by atoms with Crippen molar-refractivity contribution < 1.29 is 9.59 Å². The van der Waals surface area contributed by atoms with Gasteiger partial charge in [-0.1, -0.05) is 0 Å². The number of benzene rings is 1. The van der Waals surface area contributed by atoms with Gasteiger partial charge in [0, 0.05) is 29.8 Å². The number of amides is 1. The van der Waals surface area contributed by atoms with Crippen molar-refractivity contribution in [2.24, 2.45) is 5.73 Å². The third-order valence-corrected chi connectivity index (χ3v) is 2.27. The minimum absolute atomic E-state index is 0.0573. The van der Waals surface area contributed by atoms with Gasteiger partial charge in [0.25, 0.3) is 0 Å². The number of fused-ring (bicyclic) bond motifs is 1. The molecule has 0 saturated carbocycles. The molecule has 1 aliphatic rings. The lowest BCUT2D eigenvalue weighted by atomic mass is 9.99. The molecular weight excluding hydrogens is 180 g/mol. The minimum atomic E-state index is -0.508. The Morgan fingerprint density at radius 2 is 2.21 bits per heavy atom. The molecule has 3 N–H and O–H groups in total. The molecule has 0 fully saturated rings. The SMILES string of the molecule is NC(=O)c1ccc2c(c1)C(=O)CCN2. The van der Waals surface area contributed by atoms with Crippen molar-refractivity contribution >= 4 is 17.4 Å². The van der Waals surface area contributed by atoms with E-state index in [2.05, 4.69) is 5.32 Å². The molecule has 0 radical (unpaired) electrons. The summed E-state index contributed by atoms with van der Waals surface area (Å²) >= 11 is 0. The van der Waals surface area contributed by atoms with Crippen LogP contribution >= 0.6 is 0 Å². The van der Waals surface area contributed by atoms with Gasteiger partial charge in [0.05, 0.1) is 0 Å². The van der Waals surface area contributed by atoms with Gasteiger partial charge in [-0.25, -0.2) is 0 Å². The number of rotatable bonds is 1. The van der Waals surface area contributed by atoms with Gasteiger partial charge < -0.3 is 11.1 Å². The number of primary amides is 1. The first-order valence-electron chi connectivity index (χ1n) is 4.39. The lowest BCUT2D eigenvalue weighted by Crippen LogP contribution is -2.19. The second-order valence-electron chi connectivity index (χ2n) is 3.22. The molecule has 1 heterocycles. The number of anilines is 1. The average Bonchev–Trinajstić information content (AvgIpc) is 2.18. The van der Waals surface area contributed by atoms with Crippen LogP contribution in [0.25, 0.3) is 0 Å². The monoisotopic (exact) mass is 190 g/mol. The van der Waals surface area contributed by atoms with Crippen LogP contribution in [-0.4, -0.2) is 18.2 Å². The van der Waals surface area contributed by atoms with Crippen molar-refractivity contribution in [1.82, 2.24) is 0 Å². The third kappa shape index (κ3) is 1.35. The van der Waals surface area contributed by atoms with Gasteiger partial charge in [-0.2, -0.15) is 0 Å². The van der Waals surface area contributed by atoms with Crippen molar-refractivity contribution in [3.63, 3.8) is 0 Å². The molecule has 1 aliphatic heterocycles. The van der Waals surface area contributed by atoms with Crippen molar-refractivity contribution in [3.8, 4) is 0 Å². The van der Waals surface area contributed by atoms with E-state index in [1.54, 1.807) is 18.2 Å². The van der Waals surface area contributed by atoms with Gasteiger partial charge in [0.2, 0.25) is 5.91 Å². The number of nitrogens with one attached hydrogen (secondary N) is 1. The van der Waals surface area contributed by atoms with Gasteiger partial charge in [0.15, 0.2) is 5.78 Å². The van der Waals surface area contributed by atoms with Crippen LogP contribution in [0.4, 0.5) is 5.69 Å². The molecule has 4 nitrogen and oxygen atoms in total. The minimum Gasteiger partial charge on any atom is -0.384 e. The Kier molecular flexibility index (Phi) is 1.96. The maximum Gasteiger partial charge on any atom is 0.248 e. The maximum absolute atomic E-state index is 11.5. The molecule has 72 valence electrons. The van der Waals surface area contributed by atoms with Crippen LogP contribution in [0.3, 0.4) is 0 Å². The maximum atomic E-state index is 11.5. The molecular formula is C10H10N2O2. The summed E-state index contributed by atoms with van der Waals surface area (Å²) < 4.78 is 0. The van der Waals surface area contributed by atoms with E-state index in [1.165, 1.54) is 0 Å². The van der Waals surface area contributed by atoms with Crippen molar-refractivity contribution in [3.05, 3.63) is 29.3 Å². The molecule has 2 rings (SSSR count). The predicted octanol–water partition coefficient (Wildman–Crippen LogP) is 0.784. The van der Waals surface area contributed by atoms with Gasteiger partial charge in [-0.05, 0) is 18.2 Å². The van der Waals surface area contributed by atoms with Crippen LogP contribution < -0.4 is 11.1 Å². The molecule has 1 aromatic carbocycles. The molecule has 0 aromatic heterocycles. The Morgan fingerprint density at radius 3 is 2.93 bits per heavy atom. The van der Waals surface area contributed by atoms with Crippen molar-refractivity contribution in [2.75, 3.05) is 11.9 Å². The first kappa shape index (κ1) is 8.74. The highest BCUT2D eigenvalue weighted by molar-refractivity contribution is 6.05. The molecule has 4 heteroatoms. The zero-order valence-corrected chi connectivity index (χ0v) is 7.54. The normalized spacial score (nSPS) is 14.4. The highest BCUT2D eigenvalue weighted by Crippen LogP contribution is 2.22. The first-order chi connectivity index (χ1) is 6.68. The molecule has 0 unspecified atom stereocenters. The quantitative estimate of drug-likeness (QED) is 0.687. The predicted molar refractivity (Wildman–Crippen MR) is 52.4 cm³/mol. The van der Waals surface area contributed by atoms with E-state index in [-0.39, 0.29) is 5.78 Å². The van der Waals surface area contributed by atoms with Gasteiger partial charge in [0.1, 0.15) is 0 Å². The first-order valence-corrected chi connectivity index (χ1v) is 4.39. The van der Waals surface area contributed by atoms with Gasteiger partial charge in [-0.15, -0.1) is 0 Å². The number of carbonyl (C=O) groups is 2. The number of Topliss-reactive ketones (excluding diaryl/α,β-unsaturated/α-hetero) is 1. The van der Waals surface area contributed by atoms with Gasteiger partial charge in [-0.3, -0.25) is 9.59 Å². The summed E-state index contributed by atoms with van der Waals surface area (Å²) in [5.74, 6) is -0.451. The van der Waals surface area contributed by atoms with Crippen LogP contribution in [0.1, 0.15) is 27.1 Å². The highest BCUT2D eigenvalue weighted by atomic mass is 16.1. The lowest BCUT2D eigenvalue weighted by molar-refractivity contribution is 0.0983. The Bertz CT molecular complexity index is 413. The Morgan fingerprint density at radius 1 is 1.43 bits per heavy atom. The summed E-state index contributed by atoms with van der Waals surface area (Å²) in [4.78, 5) is 22.4. The molecule has 1 aromatic rings. The van der Waals surface area contributed by atoms with E-state index in [0.29, 0.717) is 24.1 Å². The number of hydrogen-bond donors (Lipinski definition) is 2. The molecule has 0 spiro atoms. The number of hydrogen-bond acceptors (Lipinski definition) is 3. The van der Waals surface area contributed by atoms with Crippen LogP contribution in [0, 0.1) is 0 Å². The standard InChI is InChI=1S/C10H10N2O2/c11-10(14)6-1-2-8-7(5-6)9(13)3-4-12-8/h1-2,5,12H,3-4H2,(H2,11,14). The fourth-order valence-electron chi connectivity index (χ4n) is 1.53. The zero-order chi connectivity index (χ0) is 10.1. The van der Waals surface area contributed by atoms with Crippen LogP contribution in [0.15, 0.2) is 18.2 Å². The van der Waals surface area contributed by atoms with E-state index in [4.69, 9.17) is 5.73 Å². The summed E-state index contributed by atoms with van der Waals surface area (Å²) in [6, 6.07) is 4.88. The number of ketones is 1. The van der Waals surface area contributed by atoms with E-state index < -0.39 is 5.91 Å². The molecule has 0 saturated heterocycles. The third-order valence-electron chi connectivity index (χ3n) is 2.27. The topological polar surface area (TPSA) is 72.2 Å². The van der Waals surface area contributed by atoms with Crippen molar-refractivity contribution in [1.29, 1.82) is 0 Å². The summed E-state index contributed by atoms with van der Waals surface area (Å²) in [5.41, 5.74) is 6.84. The van der Waals surface area contributed by atoms with Crippen LogP contribution in [0.5, 0.6) is 0 Å². The zero-order valence-electron chi connectivity index (χ0n) is 7.54. The summed E-state index contributed by atoms with van der Waals surface area (Å²) in [5, 5.41) is 3.09.